The van der Waals surface area contributed by atoms with Crippen LogP contribution in [0.3, 0.4) is 0 Å². The number of hydrogen-bond donors (Lipinski definition) is 1. The molecule has 1 unspecified atom stereocenters. The molecular weight excluding hydrogens is 248 g/mol. The van der Waals surface area contributed by atoms with Crippen molar-refractivity contribution < 1.29 is 4.79 Å². The Morgan fingerprint density at radius 1 is 1.05 bits per heavy atom. The van der Waals surface area contributed by atoms with E-state index in [0.29, 0.717) is 0 Å². The zero-order valence-electron chi connectivity index (χ0n) is 11.3. The van der Waals surface area contributed by atoms with Crippen molar-refractivity contribution in [3.63, 3.8) is 0 Å². The lowest BCUT2D eigenvalue weighted by Gasteiger charge is -2.06. The van der Waals surface area contributed by atoms with E-state index >= 15 is 0 Å². The van der Waals surface area contributed by atoms with Gasteiger partial charge < -0.3 is 5.73 Å². The van der Waals surface area contributed by atoms with Gasteiger partial charge in [0, 0.05) is 17.1 Å². The fourth-order valence-electron chi connectivity index (χ4n) is 2.43. The van der Waals surface area contributed by atoms with Crippen molar-refractivity contribution in [2.75, 3.05) is 0 Å². The summed E-state index contributed by atoms with van der Waals surface area (Å²) in [5.41, 5.74) is 8.78. The van der Waals surface area contributed by atoms with E-state index in [1.165, 1.54) is 0 Å². The molecular formula is C17H16N2O. The van der Waals surface area contributed by atoms with Crippen LogP contribution < -0.4 is 5.73 Å². The van der Waals surface area contributed by atoms with E-state index in [4.69, 9.17) is 5.73 Å². The predicted molar refractivity (Wildman–Crippen MR) is 81.6 cm³/mol. The molecule has 20 heavy (non-hydrogen) atoms. The number of benzene rings is 2. The van der Waals surface area contributed by atoms with Crippen molar-refractivity contribution >= 4 is 16.8 Å². The van der Waals surface area contributed by atoms with Gasteiger partial charge in [-0.05, 0) is 18.6 Å². The van der Waals surface area contributed by atoms with Crippen LogP contribution in [0.5, 0.6) is 0 Å². The molecule has 2 aromatic carbocycles. The number of carbonyl (C=O) groups excluding carboxylic acids is 1. The highest BCUT2D eigenvalue weighted by atomic mass is 16.2. The van der Waals surface area contributed by atoms with Crippen molar-refractivity contribution in [1.82, 2.24) is 4.57 Å². The van der Waals surface area contributed by atoms with Gasteiger partial charge in [0.2, 0.25) is 5.91 Å². The molecule has 0 fully saturated rings. The standard InChI is InChI=1S/C17H16N2O/c1-12(18)17(20)19-11-15(13-7-3-2-4-8-13)14-9-5-6-10-16(14)19/h2-12H,18H2,1H3. The van der Waals surface area contributed by atoms with Crippen LogP contribution in [0.1, 0.15) is 11.7 Å². The van der Waals surface area contributed by atoms with Crippen LogP contribution in [-0.2, 0) is 0 Å². The predicted octanol–water partition coefficient (Wildman–Crippen LogP) is 3.30. The minimum atomic E-state index is -0.519. The van der Waals surface area contributed by atoms with Crippen LogP contribution in [0, 0.1) is 0 Å². The van der Waals surface area contributed by atoms with Crippen molar-refractivity contribution in [3.8, 4) is 11.1 Å². The van der Waals surface area contributed by atoms with Gasteiger partial charge in [0.1, 0.15) is 0 Å². The number of carbonyl (C=O) groups is 1. The van der Waals surface area contributed by atoms with E-state index in [1.54, 1.807) is 11.5 Å². The van der Waals surface area contributed by atoms with Gasteiger partial charge in [0.05, 0.1) is 11.6 Å². The van der Waals surface area contributed by atoms with E-state index < -0.39 is 6.04 Å². The number of hydrogen-bond acceptors (Lipinski definition) is 2. The molecule has 0 bridgehead atoms. The highest BCUT2D eigenvalue weighted by molar-refractivity contribution is 6.02. The molecule has 100 valence electrons. The summed E-state index contributed by atoms with van der Waals surface area (Å²) in [5, 5.41) is 1.06. The van der Waals surface area contributed by atoms with Gasteiger partial charge >= 0.3 is 0 Å². The van der Waals surface area contributed by atoms with Gasteiger partial charge in [-0.1, -0.05) is 48.5 Å². The third-order valence-corrected chi connectivity index (χ3v) is 3.42. The molecule has 1 aromatic heterocycles. The maximum absolute atomic E-state index is 12.2. The molecule has 2 N–H and O–H groups in total. The molecule has 1 heterocycles. The Kier molecular flexibility index (Phi) is 3.12. The molecule has 0 aliphatic rings. The summed E-state index contributed by atoms with van der Waals surface area (Å²) in [5.74, 6) is -0.0941. The minimum absolute atomic E-state index is 0.0941. The largest absolute Gasteiger partial charge is 0.320 e. The average molecular weight is 264 g/mol. The second-order valence-corrected chi connectivity index (χ2v) is 4.92. The monoisotopic (exact) mass is 264 g/mol. The summed E-state index contributed by atoms with van der Waals surface area (Å²) in [6.07, 6.45) is 1.88. The summed E-state index contributed by atoms with van der Waals surface area (Å²) in [6, 6.07) is 17.4. The zero-order chi connectivity index (χ0) is 14.1. The van der Waals surface area contributed by atoms with Gasteiger partial charge in [0.25, 0.3) is 0 Å². The van der Waals surface area contributed by atoms with Gasteiger partial charge in [-0.25, -0.2) is 0 Å². The molecule has 3 aromatic rings. The second kappa shape index (κ2) is 4.94. The van der Waals surface area contributed by atoms with E-state index in [1.807, 2.05) is 60.8 Å². The van der Waals surface area contributed by atoms with Gasteiger partial charge in [-0.2, -0.15) is 0 Å². The Balaban J connectivity index is 2.27. The molecule has 0 radical (unpaired) electrons. The third-order valence-electron chi connectivity index (χ3n) is 3.42. The first-order chi connectivity index (χ1) is 9.68. The molecule has 0 aliphatic heterocycles. The summed E-state index contributed by atoms with van der Waals surface area (Å²) >= 11 is 0. The van der Waals surface area contributed by atoms with Crippen molar-refractivity contribution in [3.05, 3.63) is 60.8 Å². The third kappa shape index (κ3) is 2.02. The lowest BCUT2D eigenvalue weighted by Crippen LogP contribution is -2.31. The smallest absolute Gasteiger partial charge is 0.247 e. The summed E-state index contributed by atoms with van der Waals surface area (Å²) in [6.45, 7) is 1.71. The first-order valence-corrected chi connectivity index (χ1v) is 6.64. The minimum Gasteiger partial charge on any atom is -0.320 e. The highest BCUT2D eigenvalue weighted by Crippen LogP contribution is 2.30. The highest BCUT2D eigenvalue weighted by Gasteiger charge is 2.16. The summed E-state index contributed by atoms with van der Waals surface area (Å²) in [7, 11) is 0. The van der Waals surface area contributed by atoms with Crippen LogP contribution in [-0.4, -0.2) is 16.5 Å². The number of nitrogens with zero attached hydrogens (tertiary/aromatic N) is 1. The van der Waals surface area contributed by atoms with Crippen LogP contribution in [0.4, 0.5) is 0 Å². The van der Waals surface area contributed by atoms with E-state index in [9.17, 15) is 4.79 Å². The van der Waals surface area contributed by atoms with Crippen LogP contribution >= 0.6 is 0 Å². The number of rotatable bonds is 2. The molecule has 0 spiro atoms. The Bertz CT molecular complexity index is 757. The average Bonchev–Trinajstić information content (AvgIpc) is 2.87. The van der Waals surface area contributed by atoms with E-state index in [-0.39, 0.29) is 5.91 Å². The quantitative estimate of drug-likeness (QED) is 0.772. The Hall–Kier alpha value is -2.39. The van der Waals surface area contributed by atoms with Crippen molar-refractivity contribution in [1.29, 1.82) is 0 Å². The fraction of sp³-hybridized carbons (Fsp3) is 0.118. The van der Waals surface area contributed by atoms with Gasteiger partial charge in [-0.3, -0.25) is 9.36 Å². The second-order valence-electron chi connectivity index (χ2n) is 4.92. The zero-order valence-corrected chi connectivity index (χ0v) is 11.3. The molecule has 0 saturated carbocycles. The molecule has 0 amide bonds. The number of nitrogens with two attached hydrogens (primary N) is 1. The topological polar surface area (TPSA) is 48.0 Å². The Morgan fingerprint density at radius 2 is 1.70 bits per heavy atom. The summed E-state index contributed by atoms with van der Waals surface area (Å²) < 4.78 is 1.66. The first-order valence-electron chi connectivity index (χ1n) is 6.64. The summed E-state index contributed by atoms with van der Waals surface area (Å²) in [4.78, 5) is 12.2. The van der Waals surface area contributed by atoms with Crippen molar-refractivity contribution in [2.45, 2.75) is 13.0 Å². The van der Waals surface area contributed by atoms with E-state index in [0.717, 1.165) is 22.0 Å². The number of aromatic nitrogens is 1. The SMILES string of the molecule is CC(N)C(=O)n1cc(-c2ccccc2)c2ccccc21. The molecule has 3 rings (SSSR count). The Labute approximate surface area is 117 Å². The maximum atomic E-state index is 12.2. The normalized spacial score (nSPS) is 12.5. The Morgan fingerprint density at radius 3 is 2.40 bits per heavy atom. The molecule has 0 saturated heterocycles. The first kappa shape index (κ1) is 12.6. The molecule has 0 aliphatic carbocycles. The molecule has 3 nitrogen and oxygen atoms in total. The molecule has 3 heteroatoms. The van der Waals surface area contributed by atoms with Gasteiger partial charge in [-0.15, -0.1) is 0 Å². The fourth-order valence-corrected chi connectivity index (χ4v) is 2.43. The van der Waals surface area contributed by atoms with Gasteiger partial charge in [0.15, 0.2) is 0 Å². The van der Waals surface area contributed by atoms with Crippen LogP contribution in [0.15, 0.2) is 60.8 Å². The van der Waals surface area contributed by atoms with Crippen molar-refractivity contribution in [2.24, 2.45) is 5.73 Å². The maximum Gasteiger partial charge on any atom is 0.247 e. The number of fused-ring (bicyclic) bond motifs is 1. The lowest BCUT2D eigenvalue weighted by atomic mass is 10.1. The van der Waals surface area contributed by atoms with Crippen LogP contribution in [0.25, 0.3) is 22.0 Å². The van der Waals surface area contributed by atoms with E-state index in [2.05, 4.69) is 0 Å². The van der Waals surface area contributed by atoms with Crippen LogP contribution in [0.2, 0.25) is 0 Å². The number of para-hydroxylation sites is 1. The lowest BCUT2D eigenvalue weighted by molar-refractivity contribution is 0.0892. The molecule has 1 atom stereocenters.